The summed E-state index contributed by atoms with van der Waals surface area (Å²) in [5.74, 6) is 1.18. The van der Waals surface area contributed by atoms with Gasteiger partial charge in [-0.15, -0.1) is 0 Å². The Morgan fingerprint density at radius 2 is 2.12 bits per heavy atom. The highest BCUT2D eigenvalue weighted by Crippen LogP contribution is 2.31. The topological polar surface area (TPSA) is 38.8 Å². The summed E-state index contributed by atoms with van der Waals surface area (Å²) < 4.78 is 10.5. The molecule has 0 aliphatic heterocycles. The lowest BCUT2D eigenvalue weighted by atomic mass is 10.1. The molecule has 0 aliphatic rings. The van der Waals surface area contributed by atoms with Crippen molar-refractivity contribution in [2.75, 3.05) is 21.3 Å². The van der Waals surface area contributed by atoms with Crippen LogP contribution >= 0.6 is 0 Å². The molecular formula is C13H17NO3. The predicted molar refractivity (Wildman–Crippen MR) is 66.2 cm³/mol. The molecule has 4 nitrogen and oxygen atoms in total. The van der Waals surface area contributed by atoms with Crippen molar-refractivity contribution in [2.24, 2.45) is 0 Å². The minimum absolute atomic E-state index is 0.130. The molecule has 0 radical (unpaired) electrons. The van der Waals surface area contributed by atoms with Crippen LogP contribution in [0.3, 0.4) is 0 Å². The standard InChI is InChI=1S/C13H17NO3/c1-5-12(15)14(2)9-10-7-6-8-11(16-3)13(10)17-4/h5-8H,1,9H2,2-4H3. The Balaban J connectivity index is 2.98. The maximum Gasteiger partial charge on any atom is 0.245 e. The van der Waals surface area contributed by atoms with E-state index in [4.69, 9.17) is 9.47 Å². The lowest BCUT2D eigenvalue weighted by molar-refractivity contribution is -0.125. The molecule has 17 heavy (non-hydrogen) atoms. The number of hydrogen-bond donors (Lipinski definition) is 0. The van der Waals surface area contributed by atoms with E-state index in [0.717, 1.165) is 5.56 Å². The van der Waals surface area contributed by atoms with E-state index in [1.807, 2.05) is 18.2 Å². The molecule has 1 aromatic carbocycles. The van der Waals surface area contributed by atoms with Gasteiger partial charge in [-0.3, -0.25) is 4.79 Å². The Bertz CT molecular complexity index is 415. The van der Waals surface area contributed by atoms with E-state index in [9.17, 15) is 4.79 Å². The van der Waals surface area contributed by atoms with E-state index in [-0.39, 0.29) is 5.91 Å². The van der Waals surface area contributed by atoms with E-state index >= 15 is 0 Å². The molecule has 0 atom stereocenters. The van der Waals surface area contributed by atoms with Gasteiger partial charge in [0.2, 0.25) is 5.91 Å². The van der Waals surface area contributed by atoms with E-state index < -0.39 is 0 Å². The zero-order valence-electron chi connectivity index (χ0n) is 10.4. The van der Waals surface area contributed by atoms with E-state index in [0.29, 0.717) is 18.0 Å². The molecule has 0 bridgehead atoms. The number of carbonyl (C=O) groups is 1. The molecule has 0 heterocycles. The Labute approximate surface area is 101 Å². The number of nitrogens with zero attached hydrogens (tertiary/aromatic N) is 1. The lowest BCUT2D eigenvalue weighted by Gasteiger charge is -2.18. The van der Waals surface area contributed by atoms with Crippen molar-refractivity contribution in [3.8, 4) is 11.5 Å². The van der Waals surface area contributed by atoms with Crippen molar-refractivity contribution in [3.63, 3.8) is 0 Å². The van der Waals surface area contributed by atoms with E-state index in [1.54, 1.807) is 26.2 Å². The normalized spacial score (nSPS) is 9.59. The third-order valence-electron chi connectivity index (χ3n) is 2.44. The summed E-state index contributed by atoms with van der Waals surface area (Å²) in [5, 5.41) is 0. The van der Waals surface area contributed by atoms with Crippen LogP contribution in [0, 0.1) is 0 Å². The first-order valence-electron chi connectivity index (χ1n) is 5.21. The molecule has 0 aliphatic carbocycles. The van der Waals surface area contributed by atoms with Gasteiger partial charge < -0.3 is 14.4 Å². The Morgan fingerprint density at radius 3 is 2.65 bits per heavy atom. The van der Waals surface area contributed by atoms with E-state index in [2.05, 4.69) is 6.58 Å². The monoisotopic (exact) mass is 235 g/mol. The molecular weight excluding hydrogens is 218 g/mol. The number of hydrogen-bond acceptors (Lipinski definition) is 3. The van der Waals surface area contributed by atoms with Crippen LogP contribution in [0.25, 0.3) is 0 Å². The van der Waals surface area contributed by atoms with Gasteiger partial charge in [-0.05, 0) is 12.1 Å². The summed E-state index contributed by atoms with van der Waals surface area (Å²) >= 11 is 0. The molecule has 92 valence electrons. The highest BCUT2D eigenvalue weighted by atomic mass is 16.5. The fourth-order valence-corrected chi connectivity index (χ4v) is 1.57. The number of carbonyl (C=O) groups excluding carboxylic acids is 1. The van der Waals surface area contributed by atoms with Crippen molar-refractivity contribution < 1.29 is 14.3 Å². The Kier molecular flexibility index (Phi) is 4.57. The number of para-hydroxylation sites is 1. The lowest BCUT2D eigenvalue weighted by Crippen LogP contribution is -2.24. The number of benzene rings is 1. The largest absolute Gasteiger partial charge is 0.493 e. The summed E-state index contributed by atoms with van der Waals surface area (Å²) in [6.45, 7) is 3.90. The molecule has 0 fully saturated rings. The molecule has 0 saturated carbocycles. The minimum Gasteiger partial charge on any atom is -0.493 e. The van der Waals surface area contributed by atoms with Gasteiger partial charge in [0.05, 0.1) is 14.2 Å². The number of ether oxygens (including phenoxy) is 2. The number of amides is 1. The first-order chi connectivity index (χ1) is 8.13. The second-order valence-electron chi connectivity index (χ2n) is 3.55. The van der Waals surface area contributed by atoms with Gasteiger partial charge >= 0.3 is 0 Å². The minimum atomic E-state index is -0.130. The number of methoxy groups -OCH3 is 2. The van der Waals surface area contributed by atoms with Crippen LogP contribution < -0.4 is 9.47 Å². The van der Waals surface area contributed by atoms with Gasteiger partial charge in [0.25, 0.3) is 0 Å². The Morgan fingerprint density at radius 1 is 1.41 bits per heavy atom. The average Bonchev–Trinajstić information content (AvgIpc) is 2.37. The second kappa shape index (κ2) is 5.94. The van der Waals surface area contributed by atoms with Crippen molar-refractivity contribution in [2.45, 2.75) is 6.54 Å². The zero-order valence-corrected chi connectivity index (χ0v) is 10.4. The summed E-state index contributed by atoms with van der Waals surface area (Å²) in [5.41, 5.74) is 0.893. The molecule has 1 aromatic rings. The molecule has 4 heteroatoms. The molecule has 0 unspecified atom stereocenters. The number of likely N-dealkylation sites (N-methyl/N-ethyl adjacent to an activating group) is 1. The SMILES string of the molecule is C=CC(=O)N(C)Cc1cccc(OC)c1OC. The van der Waals surface area contributed by atoms with Crippen molar-refractivity contribution in [3.05, 3.63) is 36.4 Å². The summed E-state index contributed by atoms with van der Waals surface area (Å²) in [6, 6.07) is 5.58. The third kappa shape index (κ3) is 3.00. The predicted octanol–water partition coefficient (Wildman–Crippen LogP) is 1.85. The maximum absolute atomic E-state index is 11.4. The molecule has 0 N–H and O–H groups in total. The van der Waals surface area contributed by atoms with Gasteiger partial charge in [-0.1, -0.05) is 18.7 Å². The fourth-order valence-electron chi connectivity index (χ4n) is 1.57. The first-order valence-corrected chi connectivity index (χ1v) is 5.21. The first kappa shape index (κ1) is 13.1. The molecule has 0 spiro atoms. The quantitative estimate of drug-likeness (QED) is 0.731. The zero-order chi connectivity index (χ0) is 12.8. The van der Waals surface area contributed by atoms with Crippen molar-refractivity contribution >= 4 is 5.91 Å². The Hall–Kier alpha value is -1.97. The molecule has 1 amide bonds. The summed E-state index contributed by atoms with van der Waals surface area (Å²) in [6.07, 6.45) is 1.28. The van der Waals surface area contributed by atoms with Gasteiger partial charge in [-0.25, -0.2) is 0 Å². The molecule has 1 rings (SSSR count). The molecule has 0 saturated heterocycles. The van der Waals surface area contributed by atoms with Crippen molar-refractivity contribution in [1.82, 2.24) is 4.90 Å². The summed E-state index contributed by atoms with van der Waals surface area (Å²) in [4.78, 5) is 13.0. The van der Waals surface area contributed by atoms with Crippen LogP contribution in [-0.4, -0.2) is 32.1 Å². The van der Waals surface area contributed by atoms with Gasteiger partial charge in [0.15, 0.2) is 11.5 Å². The van der Waals surface area contributed by atoms with Crippen LogP contribution in [0.5, 0.6) is 11.5 Å². The van der Waals surface area contributed by atoms with Crippen LogP contribution in [-0.2, 0) is 11.3 Å². The second-order valence-corrected chi connectivity index (χ2v) is 3.55. The third-order valence-corrected chi connectivity index (χ3v) is 2.44. The molecule has 0 aromatic heterocycles. The van der Waals surface area contributed by atoms with Gasteiger partial charge in [0, 0.05) is 19.2 Å². The fraction of sp³-hybridized carbons (Fsp3) is 0.308. The number of rotatable bonds is 5. The maximum atomic E-state index is 11.4. The van der Waals surface area contributed by atoms with Crippen LogP contribution in [0.15, 0.2) is 30.9 Å². The van der Waals surface area contributed by atoms with Crippen molar-refractivity contribution in [1.29, 1.82) is 0 Å². The summed E-state index contributed by atoms with van der Waals surface area (Å²) in [7, 11) is 4.87. The van der Waals surface area contributed by atoms with Crippen LogP contribution in [0.2, 0.25) is 0 Å². The average molecular weight is 235 g/mol. The van der Waals surface area contributed by atoms with Gasteiger partial charge in [-0.2, -0.15) is 0 Å². The van der Waals surface area contributed by atoms with Gasteiger partial charge in [0.1, 0.15) is 0 Å². The smallest absolute Gasteiger partial charge is 0.245 e. The van der Waals surface area contributed by atoms with E-state index in [1.165, 1.54) is 6.08 Å². The highest BCUT2D eigenvalue weighted by Gasteiger charge is 2.12. The van der Waals surface area contributed by atoms with Crippen LogP contribution in [0.1, 0.15) is 5.56 Å². The highest BCUT2D eigenvalue weighted by molar-refractivity contribution is 5.86. The van der Waals surface area contributed by atoms with Crippen LogP contribution in [0.4, 0.5) is 0 Å².